The van der Waals surface area contributed by atoms with Crippen molar-refractivity contribution in [2.75, 3.05) is 12.4 Å². The molecule has 1 fully saturated rings. The Morgan fingerprint density at radius 2 is 2.10 bits per heavy atom. The Hall–Kier alpha value is -1.71. The van der Waals surface area contributed by atoms with Gasteiger partial charge in [0.1, 0.15) is 5.75 Å². The van der Waals surface area contributed by atoms with Gasteiger partial charge in [0.15, 0.2) is 0 Å². The number of hydrogen-bond donors (Lipinski definition) is 2. The van der Waals surface area contributed by atoms with Gasteiger partial charge < -0.3 is 15.2 Å². The lowest BCUT2D eigenvalue weighted by molar-refractivity contribution is -0.140. The van der Waals surface area contributed by atoms with E-state index in [1.54, 1.807) is 7.11 Å². The van der Waals surface area contributed by atoms with E-state index >= 15 is 0 Å². The summed E-state index contributed by atoms with van der Waals surface area (Å²) in [4.78, 5) is 11.8. The molecule has 3 unspecified atom stereocenters. The summed E-state index contributed by atoms with van der Waals surface area (Å²) in [6.45, 7) is 0. The zero-order valence-electron chi connectivity index (χ0n) is 11.8. The molecule has 3 rings (SSSR count). The Balaban J connectivity index is 2.03. The molecule has 0 saturated heterocycles. The number of carboxylic acid groups (broad SMARTS) is 1. The van der Waals surface area contributed by atoms with Crippen LogP contribution in [0.5, 0.6) is 5.75 Å². The smallest absolute Gasteiger partial charge is 0.311 e. The van der Waals surface area contributed by atoms with Gasteiger partial charge in [-0.25, -0.2) is 0 Å². The largest absolute Gasteiger partial charge is 0.497 e. The Morgan fingerprint density at radius 1 is 1.30 bits per heavy atom. The van der Waals surface area contributed by atoms with Gasteiger partial charge in [-0.05, 0) is 30.4 Å². The van der Waals surface area contributed by atoms with Crippen LogP contribution in [-0.2, 0) is 4.79 Å². The van der Waals surface area contributed by atoms with Crippen molar-refractivity contribution < 1.29 is 14.6 Å². The van der Waals surface area contributed by atoms with E-state index in [0.29, 0.717) is 0 Å². The zero-order valence-corrected chi connectivity index (χ0v) is 11.8. The molecule has 1 aromatic rings. The highest BCUT2D eigenvalue weighted by molar-refractivity contribution is 5.81. The summed E-state index contributed by atoms with van der Waals surface area (Å²) in [6.07, 6.45) is 5.59. The minimum absolute atomic E-state index is 0.205. The average molecular weight is 275 g/mol. The van der Waals surface area contributed by atoms with Crippen molar-refractivity contribution in [3.05, 3.63) is 23.8 Å². The third-order valence-electron chi connectivity index (χ3n) is 4.70. The van der Waals surface area contributed by atoms with E-state index in [0.717, 1.165) is 36.3 Å². The fraction of sp³-hybridized carbons (Fsp3) is 0.562. The van der Waals surface area contributed by atoms with Crippen molar-refractivity contribution in [2.24, 2.45) is 5.92 Å². The monoisotopic (exact) mass is 275 g/mol. The number of fused-ring (bicyclic) bond motifs is 2. The van der Waals surface area contributed by atoms with Crippen LogP contribution in [-0.4, -0.2) is 24.2 Å². The molecule has 2 aliphatic rings. The molecule has 20 heavy (non-hydrogen) atoms. The molecule has 4 heteroatoms. The van der Waals surface area contributed by atoms with Crippen LogP contribution in [0.2, 0.25) is 0 Å². The van der Waals surface area contributed by atoms with Gasteiger partial charge >= 0.3 is 5.97 Å². The quantitative estimate of drug-likeness (QED) is 0.870. The van der Waals surface area contributed by atoms with Crippen LogP contribution >= 0.6 is 0 Å². The molecule has 1 aliphatic heterocycles. The normalized spacial score (nSPS) is 28.6. The highest BCUT2D eigenvalue weighted by Gasteiger charge is 2.41. The number of nitrogens with one attached hydrogen (secondary N) is 1. The lowest BCUT2D eigenvalue weighted by atomic mass is 9.75. The van der Waals surface area contributed by atoms with E-state index in [-0.39, 0.29) is 17.9 Å². The summed E-state index contributed by atoms with van der Waals surface area (Å²) < 4.78 is 5.25. The number of methoxy groups -OCH3 is 1. The van der Waals surface area contributed by atoms with E-state index in [2.05, 4.69) is 5.32 Å². The standard InChI is InChI=1S/C16H21NO3/c1-20-10-7-8-12-14(9-10)17-13-6-4-2-3-5-11(13)15(12)16(18)19/h7-9,11,13,15,17H,2-6H2,1H3,(H,18,19). The predicted molar refractivity (Wildman–Crippen MR) is 77.4 cm³/mol. The van der Waals surface area contributed by atoms with Gasteiger partial charge in [0.2, 0.25) is 0 Å². The molecule has 0 radical (unpaired) electrons. The lowest BCUT2D eigenvalue weighted by Crippen LogP contribution is -2.40. The summed E-state index contributed by atoms with van der Waals surface area (Å²) in [5, 5.41) is 13.2. The lowest BCUT2D eigenvalue weighted by Gasteiger charge is -2.38. The minimum atomic E-state index is -0.699. The van der Waals surface area contributed by atoms with Crippen molar-refractivity contribution in [2.45, 2.75) is 44.1 Å². The Kier molecular flexibility index (Phi) is 3.55. The van der Waals surface area contributed by atoms with E-state index in [1.165, 1.54) is 12.8 Å². The number of aliphatic carboxylic acids is 1. The first-order valence-corrected chi connectivity index (χ1v) is 7.38. The minimum Gasteiger partial charge on any atom is -0.497 e. The van der Waals surface area contributed by atoms with E-state index in [1.807, 2.05) is 18.2 Å². The van der Waals surface area contributed by atoms with Crippen LogP contribution in [0.4, 0.5) is 5.69 Å². The maximum absolute atomic E-state index is 11.8. The molecule has 4 nitrogen and oxygen atoms in total. The summed E-state index contributed by atoms with van der Waals surface area (Å²) in [6, 6.07) is 5.96. The molecule has 3 atom stereocenters. The van der Waals surface area contributed by atoms with Crippen LogP contribution in [0, 0.1) is 5.92 Å². The molecule has 0 aromatic heterocycles. The number of rotatable bonds is 2. The van der Waals surface area contributed by atoms with Gasteiger partial charge in [-0.1, -0.05) is 25.3 Å². The van der Waals surface area contributed by atoms with Gasteiger partial charge in [-0.15, -0.1) is 0 Å². The maximum Gasteiger partial charge on any atom is 0.311 e. The molecule has 0 bridgehead atoms. The Morgan fingerprint density at radius 3 is 2.85 bits per heavy atom. The predicted octanol–water partition coefficient (Wildman–Crippen LogP) is 3.24. The van der Waals surface area contributed by atoms with Crippen molar-refractivity contribution in [1.82, 2.24) is 0 Å². The molecule has 1 aromatic carbocycles. The molecule has 1 saturated carbocycles. The molecule has 1 heterocycles. The number of hydrogen-bond acceptors (Lipinski definition) is 3. The second-order valence-corrected chi connectivity index (χ2v) is 5.82. The second kappa shape index (κ2) is 5.35. The van der Waals surface area contributed by atoms with Crippen LogP contribution in [0.15, 0.2) is 18.2 Å². The third-order valence-corrected chi connectivity index (χ3v) is 4.70. The van der Waals surface area contributed by atoms with E-state index in [4.69, 9.17) is 4.74 Å². The van der Waals surface area contributed by atoms with Crippen molar-refractivity contribution in [3.8, 4) is 5.75 Å². The molecule has 1 aliphatic carbocycles. The summed E-state index contributed by atoms with van der Waals surface area (Å²) >= 11 is 0. The van der Waals surface area contributed by atoms with E-state index < -0.39 is 5.97 Å². The topological polar surface area (TPSA) is 58.6 Å². The highest BCUT2D eigenvalue weighted by Crippen LogP contribution is 2.44. The van der Waals surface area contributed by atoms with Crippen molar-refractivity contribution >= 4 is 11.7 Å². The Bertz CT molecular complexity index is 514. The Labute approximate surface area is 119 Å². The first-order chi connectivity index (χ1) is 9.70. The number of ether oxygens (including phenoxy) is 1. The van der Waals surface area contributed by atoms with Gasteiger partial charge in [-0.2, -0.15) is 0 Å². The highest BCUT2D eigenvalue weighted by atomic mass is 16.5. The fourth-order valence-electron chi connectivity index (χ4n) is 3.72. The molecule has 0 amide bonds. The maximum atomic E-state index is 11.8. The summed E-state index contributed by atoms with van der Waals surface area (Å²) in [5.41, 5.74) is 1.83. The number of carboxylic acids is 1. The van der Waals surface area contributed by atoms with Crippen LogP contribution < -0.4 is 10.1 Å². The zero-order chi connectivity index (χ0) is 14.1. The van der Waals surface area contributed by atoms with Crippen LogP contribution in [0.25, 0.3) is 0 Å². The average Bonchev–Trinajstić information content (AvgIpc) is 2.68. The fourth-order valence-corrected chi connectivity index (χ4v) is 3.72. The number of benzene rings is 1. The first kappa shape index (κ1) is 13.3. The van der Waals surface area contributed by atoms with Gasteiger partial charge in [-0.3, -0.25) is 4.79 Å². The molecular weight excluding hydrogens is 254 g/mol. The van der Waals surface area contributed by atoms with Crippen LogP contribution in [0.1, 0.15) is 43.6 Å². The SMILES string of the molecule is COc1ccc2c(c1)NC1CCCCCC1C2C(=O)O. The van der Waals surface area contributed by atoms with E-state index in [9.17, 15) is 9.90 Å². The molecule has 0 spiro atoms. The third kappa shape index (κ3) is 2.23. The molecule has 108 valence electrons. The van der Waals surface area contributed by atoms with Crippen LogP contribution in [0.3, 0.4) is 0 Å². The number of carbonyl (C=O) groups is 1. The van der Waals surface area contributed by atoms with Crippen molar-refractivity contribution in [1.29, 1.82) is 0 Å². The first-order valence-electron chi connectivity index (χ1n) is 7.38. The summed E-state index contributed by atoms with van der Waals surface area (Å²) in [7, 11) is 1.63. The summed E-state index contributed by atoms with van der Waals surface area (Å²) in [5.74, 6) is -0.113. The van der Waals surface area contributed by atoms with Gasteiger partial charge in [0, 0.05) is 17.8 Å². The molecule has 2 N–H and O–H groups in total. The van der Waals surface area contributed by atoms with Gasteiger partial charge in [0.05, 0.1) is 13.0 Å². The van der Waals surface area contributed by atoms with Crippen molar-refractivity contribution in [3.63, 3.8) is 0 Å². The number of anilines is 1. The second-order valence-electron chi connectivity index (χ2n) is 5.82. The van der Waals surface area contributed by atoms with Gasteiger partial charge in [0.25, 0.3) is 0 Å². The molecular formula is C16H21NO3.